The number of fused-ring (bicyclic) bond motifs is 1. The SMILES string of the molecule is N#CC1=C(N)n2c(s/c(=C/c3cccc([N+](=O)[O-])c3)c2=O)=C(C#N)[C@H]1c1cccc([N+](=O)[O-])c1. The summed E-state index contributed by atoms with van der Waals surface area (Å²) in [6.07, 6.45) is 1.43. The Balaban J connectivity index is 2.02. The summed E-state index contributed by atoms with van der Waals surface area (Å²) >= 11 is 0.937. The quantitative estimate of drug-likeness (QED) is 0.439. The fraction of sp³-hybridized carbons (Fsp3) is 0.0455. The van der Waals surface area contributed by atoms with Crippen molar-refractivity contribution in [1.82, 2.24) is 4.57 Å². The van der Waals surface area contributed by atoms with Crippen LogP contribution >= 0.6 is 11.3 Å². The van der Waals surface area contributed by atoms with Gasteiger partial charge in [0.15, 0.2) is 0 Å². The lowest BCUT2D eigenvalue weighted by atomic mass is 9.84. The number of aromatic nitrogens is 1. The average Bonchev–Trinajstić information content (AvgIpc) is 3.15. The van der Waals surface area contributed by atoms with Gasteiger partial charge in [-0.25, -0.2) is 0 Å². The number of benzene rings is 2. The maximum absolute atomic E-state index is 13.1. The first-order valence-electron chi connectivity index (χ1n) is 9.53. The van der Waals surface area contributed by atoms with E-state index in [2.05, 4.69) is 0 Å². The van der Waals surface area contributed by atoms with Gasteiger partial charge in [-0.1, -0.05) is 24.3 Å². The largest absolute Gasteiger partial charge is 0.384 e. The number of hydrogen-bond acceptors (Lipinski definition) is 9. The molecule has 0 amide bonds. The van der Waals surface area contributed by atoms with Crippen LogP contribution in [0.1, 0.15) is 17.0 Å². The Bertz CT molecular complexity index is 1690. The van der Waals surface area contributed by atoms with Crippen LogP contribution in [0.25, 0.3) is 17.5 Å². The Labute approximate surface area is 194 Å². The Morgan fingerprint density at radius 2 is 1.62 bits per heavy atom. The second-order valence-electron chi connectivity index (χ2n) is 7.13. The first-order chi connectivity index (χ1) is 16.3. The van der Waals surface area contributed by atoms with Gasteiger partial charge in [0.2, 0.25) is 0 Å². The van der Waals surface area contributed by atoms with E-state index in [1.807, 2.05) is 12.1 Å². The lowest BCUT2D eigenvalue weighted by molar-refractivity contribution is -0.385. The molecular formula is C22H12N6O5S. The van der Waals surface area contributed by atoms with E-state index in [0.717, 1.165) is 15.9 Å². The van der Waals surface area contributed by atoms with Crippen molar-refractivity contribution in [1.29, 1.82) is 10.5 Å². The molecule has 0 saturated heterocycles. The fourth-order valence-electron chi connectivity index (χ4n) is 3.68. The van der Waals surface area contributed by atoms with Crippen LogP contribution in [0.15, 0.2) is 58.9 Å². The number of nitro groups is 2. The normalized spacial score (nSPS) is 15.4. The van der Waals surface area contributed by atoms with Crippen LogP contribution in [-0.4, -0.2) is 14.4 Å². The number of nitrogens with two attached hydrogens (primary N) is 1. The van der Waals surface area contributed by atoms with E-state index < -0.39 is 21.3 Å². The van der Waals surface area contributed by atoms with Gasteiger partial charge >= 0.3 is 0 Å². The highest BCUT2D eigenvalue weighted by Gasteiger charge is 2.32. The second kappa shape index (κ2) is 8.46. The molecule has 11 nitrogen and oxygen atoms in total. The van der Waals surface area contributed by atoms with Crippen LogP contribution in [0.2, 0.25) is 0 Å². The maximum atomic E-state index is 13.1. The molecule has 2 heterocycles. The number of nitriles is 2. The molecule has 0 spiro atoms. The minimum Gasteiger partial charge on any atom is -0.384 e. The van der Waals surface area contributed by atoms with Crippen molar-refractivity contribution in [3.8, 4) is 12.1 Å². The van der Waals surface area contributed by atoms with Crippen molar-refractivity contribution in [3.05, 3.63) is 105 Å². The molecule has 4 rings (SSSR count). The zero-order valence-corrected chi connectivity index (χ0v) is 17.9. The Morgan fingerprint density at radius 3 is 2.24 bits per heavy atom. The number of rotatable bonds is 4. The molecule has 3 aromatic rings. The summed E-state index contributed by atoms with van der Waals surface area (Å²) in [6, 6.07) is 15.1. The number of non-ortho nitro benzene ring substituents is 2. The predicted molar refractivity (Wildman–Crippen MR) is 122 cm³/mol. The van der Waals surface area contributed by atoms with E-state index in [-0.39, 0.29) is 37.5 Å². The maximum Gasteiger partial charge on any atom is 0.274 e. The van der Waals surface area contributed by atoms with Crippen LogP contribution in [0.4, 0.5) is 11.4 Å². The molecule has 0 bridgehead atoms. The molecule has 166 valence electrons. The highest BCUT2D eigenvalue weighted by Crippen LogP contribution is 2.36. The monoisotopic (exact) mass is 472 g/mol. The molecule has 2 aromatic carbocycles. The number of allylic oxidation sites excluding steroid dienone is 1. The summed E-state index contributed by atoms with van der Waals surface area (Å²) < 4.78 is 1.37. The van der Waals surface area contributed by atoms with E-state index in [9.17, 15) is 35.5 Å². The molecule has 0 saturated carbocycles. The molecule has 1 aliphatic rings. The first-order valence-corrected chi connectivity index (χ1v) is 10.3. The summed E-state index contributed by atoms with van der Waals surface area (Å²) in [5.41, 5.74) is 5.85. The summed E-state index contributed by atoms with van der Waals surface area (Å²) in [5, 5.41) is 42.0. The smallest absolute Gasteiger partial charge is 0.274 e. The topological polar surface area (TPSA) is 182 Å². The first kappa shape index (κ1) is 22.1. The number of hydrogen-bond donors (Lipinski definition) is 1. The van der Waals surface area contributed by atoms with Crippen molar-refractivity contribution in [2.75, 3.05) is 0 Å². The zero-order valence-electron chi connectivity index (χ0n) is 17.0. The van der Waals surface area contributed by atoms with Gasteiger partial charge in [-0.15, -0.1) is 11.3 Å². The molecule has 1 aromatic heterocycles. The van der Waals surface area contributed by atoms with Gasteiger partial charge in [-0.2, -0.15) is 10.5 Å². The van der Waals surface area contributed by atoms with E-state index in [0.29, 0.717) is 11.1 Å². The van der Waals surface area contributed by atoms with Crippen molar-refractivity contribution in [3.63, 3.8) is 0 Å². The van der Waals surface area contributed by atoms with Crippen LogP contribution < -0.4 is 20.5 Å². The molecule has 0 radical (unpaired) electrons. The van der Waals surface area contributed by atoms with Gasteiger partial charge in [0.1, 0.15) is 10.5 Å². The lowest BCUT2D eigenvalue weighted by Crippen LogP contribution is -2.38. The predicted octanol–water partition coefficient (Wildman–Crippen LogP) is 1.68. The second-order valence-corrected chi connectivity index (χ2v) is 8.16. The Kier molecular flexibility index (Phi) is 5.51. The van der Waals surface area contributed by atoms with Gasteiger partial charge < -0.3 is 5.73 Å². The van der Waals surface area contributed by atoms with Crippen LogP contribution in [0.3, 0.4) is 0 Å². The minimum absolute atomic E-state index is 0.0343. The van der Waals surface area contributed by atoms with Crippen LogP contribution in [0, 0.1) is 42.9 Å². The number of nitrogens with zero attached hydrogens (tertiary/aromatic N) is 5. The molecule has 0 unspecified atom stereocenters. The molecule has 2 N–H and O–H groups in total. The van der Waals surface area contributed by atoms with Gasteiger partial charge in [-0.05, 0) is 17.2 Å². The van der Waals surface area contributed by atoms with Gasteiger partial charge in [0.05, 0.1) is 43.6 Å². The standard InChI is InChI=1S/C22H12N6O5S/c23-10-16-19(13-4-2-6-15(9-13)28(32)33)17(11-24)22-26(20(16)25)21(29)18(34-22)8-12-3-1-5-14(7-12)27(30)31/h1-9,19H,25H2/b18-8+/t19-/m0/s1. The molecule has 12 heteroatoms. The minimum atomic E-state index is -1.00. The van der Waals surface area contributed by atoms with Gasteiger partial charge in [-0.3, -0.25) is 29.6 Å². The average molecular weight is 472 g/mol. The molecule has 0 fully saturated rings. The lowest BCUT2D eigenvalue weighted by Gasteiger charge is -2.22. The third-order valence-electron chi connectivity index (χ3n) is 5.18. The summed E-state index contributed by atoms with van der Waals surface area (Å²) in [7, 11) is 0. The molecule has 34 heavy (non-hydrogen) atoms. The highest BCUT2D eigenvalue weighted by molar-refractivity contribution is 7.07. The number of nitro benzene ring substituents is 2. The third-order valence-corrected chi connectivity index (χ3v) is 6.29. The van der Waals surface area contributed by atoms with Crippen LogP contribution in [-0.2, 0) is 0 Å². The van der Waals surface area contributed by atoms with Gasteiger partial charge in [0.25, 0.3) is 16.9 Å². The summed E-state index contributed by atoms with van der Waals surface area (Å²) in [4.78, 5) is 34.3. The fourth-order valence-corrected chi connectivity index (χ4v) is 4.81. The summed E-state index contributed by atoms with van der Waals surface area (Å²) in [6.45, 7) is 0. The highest BCUT2D eigenvalue weighted by atomic mass is 32.1. The zero-order chi connectivity index (χ0) is 24.6. The molecule has 1 aliphatic heterocycles. The van der Waals surface area contributed by atoms with Crippen LogP contribution in [0.5, 0.6) is 0 Å². The van der Waals surface area contributed by atoms with Crippen molar-refractivity contribution in [2.45, 2.75) is 5.92 Å². The van der Waals surface area contributed by atoms with E-state index >= 15 is 0 Å². The Hall–Kier alpha value is -5.07. The van der Waals surface area contributed by atoms with Gasteiger partial charge in [0, 0.05) is 24.3 Å². The van der Waals surface area contributed by atoms with E-state index in [1.54, 1.807) is 6.07 Å². The van der Waals surface area contributed by atoms with Crippen molar-refractivity contribution >= 4 is 40.2 Å². The van der Waals surface area contributed by atoms with E-state index in [1.165, 1.54) is 48.5 Å². The van der Waals surface area contributed by atoms with Crippen molar-refractivity contribution < 1.29 is 9.85 Å². The molecule has 0 aliphatic carbocycles. The summed E-state index contributed by atoms with van der Waals surface area (Å²) in [5.74, 6) is -1.19. The number of thiazole rings is 1. The third kappa shape index (κ3) is 3.60. The molecule has 1 atom stereocenters. The Morgan fingerprint density at radius 1 is 1.00 bits per heavy atom. The van der Waals surface area contributed by atoms with E-state index in [4.69, 9.17) is 5.73 Å². The molecular weight excluding hydrogens is 460 g/mol. The van der Waals surface area contributed by atoms with Crippen molar-refractivity contribution in [2.24, 2.45) is 5.73 Å².